The first kappa shape index (κ1) is 12.1. The van der Waals surface area contributed by atoms with Gasteiger partial charge in [0, 0.05) is 18.3 Å². The first-order valence-corrected chi connectivity index (χ1v) is 6.57. The van der Waals surface area contributed by atoms with Crippen LogP contribution >= 0.6 is 0 Å². The van der Waals surface area contributed by atoms with E-state index in [1.807, 2.05) is 12.3 Å². The summed E-state index contributed by atoms with van der Waals surface area (Å²) in [6.07, 6.45) is 7.98. The minimum atomic E-state index is 0.219. The van der Waals surface area contributed by atoms with Gasteiger partial charge in [-0.15, -0.1) is 0 Å². The van der Waals surface area contributed by atoms with Crippen molar-refractivity contribution in [2.75, 3.05) is 17.2 Å². The highest BCUT2D eigenvalue weighted by atomic mass is 15.2. The summed E-state index contributed by atoms with van der Waals surface area (Å²) in [6.45, 7) is 5.33. The van der Waals surface area contributed by atoms with Gasteiger partial charge in [0.1, 0.15) is 5.82 Å². The molecule has 0 aromatic carbocycles. The minimum absolute atomic E-state index is 0.219. The molecular formula is C13H22N4. The molecule has 0 bridgehead atoms. The smallest absolute Gasteiger partial charge is 0.224 e. The maximum atomic E-state index is 4.49. The Balaban J connectivity index is 2.00. The Hall–Kier alpha value is -1.32. The molecule has 1 aliphatic carbocycles. The number of rotatable bonds is 5. The van der Waals surface area contributed by atoms with Crippen LogP contribution in [0.4, 0.5) is 11.8 Å². The van der Waals surface area contributed by atoms with Crippen LogP contribution in [0.25, 0.3) is 0 Å². The third kappa shape index (κ3) is 3.32. The Bertz CT molecular complexity index is 358. The Kier molecular flexibility index (Phi) is 3.82. The van der Waals surface area contributed by atoms with Gasteiger partial charge in [0.15, 0.2) is 0 Å². The normalized spacial score (nSPS) is 18.0. The SMILES string of the molecule is CCCNc1nccc(NC2(C)CCCC2)n1. The molecule has 1 heterocycles. The molecule has 0 saturated heterocycles. The highest BCUT2D eigenvalue weighted by Gasteiger charge is 2.28. The molecule has 2 rings (SSSR count). The van der Waals surface area contributed by atoms with Gasteiger partial charge in [-0.25, -0.2) is 4.98 Å². The van der Waals surface area contributed by atoms with Crippen molar-refractivity contribution in [3.63, 3.8) is 0 Å². The van der Waals surface area contributed by atoms with Crippen molar-refractivity contribution in [1.29, 1.82) is 0 Å². The molecule has 0 spiro atoms. The predicted molar refractivity (Wildman–Crippen MR) is 71.3 cm³/mol. The first-order chi connectivity index (χ1) is 8.22. The summed E-state index contributed by atoms with van der Waals surface area (Å²) in [6, 6.07) is 1.95. The van der Waals surface area contributed by atoms with Crippen molar-refractivity contribution in [3.8, 4) is 0 Å². The fraction of sp³-hybridized carbons (Fsp3) is 0.692. The van der Waals surface area contributed by atoms with E-state index in [1.54, 1.807) is 0 Å². The molecular weight excluding hydrogens is 212 g/mol. The van der Waals surface area contributed by atoms with Gasteiger partial charge in [0.25, 0.3) is 0 Å². The maximum Gasteiger partial charge on any atom is 0.224 e. The molecule has 0 atom stereocenters. The average Bonchev–Trinajstić information content (AvgIpc) is 2.73. The number of anilines is 2. The molecule has 1 aliphatic rings. The van der Waals surface area contributed by atoms with Crippen LogP contribution in [-0.4, -0.2) is 22.1 Å². The molecule has 0 radical (unpaired) electrons. The topological polar surface area (TPSA) is 49.8 Å². The molecule has 4 heteroatoms. The van der Waals surface area contributed by atoms with Crippen molar-refractivity contribution in [3.05, 3.63) is 12.3 Å². The van der Waals surface area contributed by atoms with Crippen LogP contribution in [-0.2, 0) is 0 Å². The number of aromatic nitrogens is 2. The van der Waals surface area contributed by atoms with Gasteiger partial charge in [-0.3, -0.25) is 0 Å². The van der Waals surface area contributed by atoms with Crippen LogP contribution in [0.5, 0.6) is 0 Å². The summed E-state index contributed by atoms with van der Waals surface area (Å²) in [5.74, 6) is 1.65. The van der Waals surface area contributed by atoms with Crippen molar-refractivity contribution in [2.24, 2.45) is 0 Å². The highest BCUT2D eigenvalue weighted by molar-refractivity contribution is 5.41. The monoisotopic (exact) mass is 234 g/mol. The van der Waals surface area contributed by atoms with Gasteiger partial charge in [-0.2, -0.15) is 4.98 Å². The predicted octanol–water partition coefficient (Wildman–Crippen LogP) is 3.04. The lowest BCUT2D eigenvalue weighted by Crippen LogP contribution is -2.31. The fourth-order valence-corrected chi connectivity index (χ4v) is 2.34. The summed E-state index contributed by atoms with van der Waals surface area (Å²) in [5, 5.41) is 6.75. The number of hydrogen-bond acceptors (Lipinski definition) is 4. The lowest BCUT2D eigenvalue weighted by molar-refractivity contribution is 0.531. The Morgan fingerprint density at radius 1 is 1.35 bits per heavy atom. The van der Waals surface area contributed by atoms with E-state index in [1.165, 1.54) is 25.7 Å². The van der Waals surface area contributed by atoms with E-state index >= 15 is 0 Å². The summed E-state index contributed by atoms with van der Waals surface area (Å²) in [7, 11) is 0. The quantitative estimate of drug-likeness (QED) is 0.822. The second-order valence-corrected chi connectivity index (χ2v) is 5.09. The molecule has 0 unspecified atom stereocenters. The second-order valence-electron chi connectivity index (χ2n) is 5.09. The lowest BCUT2D eigenvalue weighted by atomic mass is 10.0. The molecule has 1 fully saturated rings. The third-order valence-electron chi connectivity index (χ3n) is 3.33. The molecule has 94 valence electrons. The number of hydrogen-bond donors (Lipinski definition) is 2. The first-order valence-electron chi connectivity index (χ1n) is 6.57. The zero-order valence-electron chi connectivity index (χ0n) is 10.8. The minimum Gasteiger partial charge on any atom is -0.365 e. The van der Waals surface area contributed by atoms with Gasteiger partial charge in [0.2, 0.25) is 5.95 Å². The van der Waals surface area contributed by atoms with Crippen LogP contribution in [0.2, 0.25) is 0 Å². The van der Waals surface area contributed by atoms with E-state index in [4.69, 9.17) is 0 Å². The molecule has 1 aromatic rings. The van der Waals surface area contributed by atoms with Crippen molar-refractivity contribution in [2.45, 2.75) is 51.5 Å². The Morgan fingerprint density at radius 3 is 2.82 bits per heavy atom. The molecule has 0 aliphatic heterocycles. The summed E-state index contributed by atoms with van der Waals surface area (Å²) >= 11 is 0. The second kappa shape index (κ2) is 5.34. The van der Waals surface area contributed by atoms with Crippen LogP contribution < -0.4 is 10.6 Å². The lowest BCUT2D eigenvalue weighted by Gasteiger charge is -2.26. The van der Waals surface area contributed by atoms with Crippen molar-refractivity contribution >= 4 is 11.8 Å². The van der Waals surface area contributed by atoms with Crippen LogP contribution in [0.3, 0.4) is 0 Å². The number of nitrogens with one attached hydrogen (secondary N) is 2. The van der Waals surface area contributed by atoms with Crippen LogP contribution in [0, 0.1) is 0 Å². The summed E-state index contributed by atoms with van der Waals surface area (Å²) in [5.41, 5.74) is 0.219. The van der Waals surface area contributed by atoms with E-state index in [0.29, 0.717) is 0 Å². The molecule has 17 heavy (non-hydrogen) atoms. The van der Waals surface area contributed by atoms with Crippen LogP contribution in [0.15, 0.2) is 12.3 Å². The van der Waals surface area contributed by atoms with Crippen molar-refractivity contribution < 1.29 is 0 Å². The molecule has 2 N–H and O–H groups in total. The zero-order chi connectivity index (χ0) is 12.1. The Morgan fingerprint density at radius 2 is 2.12 bits per heavy atom. The van der Waals surface area contributed by atoms with Gasteiger partial charge in [-0.1, -0.05) is 19.8 Å². The molecule has 0 amide bonds. The standard InChI is InChI=1S/C13H22N4/c1-3-9-14-12-15-10-6-11(16-12)17-13(2)7-4-5-8-13/h6,10H,3-5,7-9H2,1-2H3,(H2,14,15,16,17). The maximum absolute atomic E-state index is 4.49. The van der Waals surface area contributed by atoms with Gasteiger partial charge >= 0.3 is 0 Å². The third-order valence-corrected chi connectivity index (χ3v) is 3.33. The zero-order valence-corrected chi connectivity index (χ0v) is 10.8. The summed E-state index contributed by atoms with van der Waals surface area (Å²) in [4.78, 5) is 8.70. The molecule has 1 saturated carbocycles. The Labute approximate surface area is 103 Å². The summed E-state index contributed by atoms with van der Waals surface area (Å²) < 4.78 is 0. The van der Waals surface area contributed by atoms with E-state index in [2.05, 4.69) is 34.4 Å². The average molecular weight is 234 g/mol. The van der Waals surface area contributed by atoms with E-state index < -0.39 is 0 Å². The van der Waals surface area contributed by atoms with E-state index in [-0.39, 0.29) is 5.54 Å². The van der Waals surface area contributed by atoms with Crippen molar-refractivity contribution in [1.82, 2.24) is 9.97 Å². The van der Waals surface area contributed by atoms with Gasteiger partial charge in [-0.05, 0) is 32.3 Å². The van der Waals surface area contributed by atoms with Gasteiger partial charge in [0.05, 0.1) is 0 Å². The highest BCUT2D eigenvalue weighted by Crippen LogP contribution is 2.31. The largest absolute Gasteiger partial charge is 0.365 e. The van der Waals surface area contributed by atoms with Gasteiger partial charge < -0.3 is 10.6 Å². The molecule has 4 nitrogen and oxygen atoms in total. The number of nitrogens with zero attached hydrogens (tertiary/aromatic N) is 2. The molecule has 1 aromatic heterocycles. The van der Waals surface area contributed by atoms with E-state index in [9.17, 15) is 0 Å². The fourth-order valence-electron chi connectivity index (χ4n) is 2.34. The van der Waals surface area contributed by atoms with E-state index in [0.717, 1.165) is 24.7 Å². The van der Waals surface area contributed by atoms with Crippen LogP contribution in [0.1, 0.15) is 46.0 Å².